The molecule has 0 aliphatic rings. The number of amides is 1. The van der Waals surface area contributed by atoms with Gasteiger partial charge in [-0.05, 0) is 35.2 Å². The van der Waals surface area contributed by atoms with Gasteiger partial charge >= 0.3 is 0 Å². The van der Waals surface area contributed by atoms with Crippen LogP contribution < -0.4 is 5.32 Å². The van der Waals surface area contributed by atoms with Crippen molar-refractivity contribution < 1.29 is 4.79 Å². The van der Waals surface area contributed by atoms with Crippen molar-refractivity contribution in [3.8, 4) is 0 Å². The monoisotopic (exact) mass is 362 g/mol. The van der Waals surface area contributed by atoms with Crippen molar-refractivity contribution in [2.75, 3.05) is 5.32 Å². The van der Waals surface area contributed by atoms with Gasteiger partial charge in [0.25, 0.3) is 5.91 Å². The summed E-state index contributed by atoms with van der Waals surface area (Å²) in [5.74, 6) is -0.294. The van der Waals surface area contributed by atoms with Gasteiger partial charge in [0.05, 0.1) is 6.54 Å². The number of fused-ring (bicyclic) bond motifs is 1. The number of hydrogen-bond acceptors (Lipinski definition) is 3. The first-order valence-corrected chi connectivity index (χ1v) is 8.50. The molecule has 0 aliphatic heterocycles. The summed E-state index contributed by atoms with van der Waals surface area (Å²) in [6.07, 6.45) is 3.65. The van der Waals surface area contributed by atoms with E-state index in [1.54, 1.807) is 12.3 Å². The number of aromatic nitrogens is 3. The van der Waals surface area contributed by atoms with E-state index in [0.29, 0.717) is 17.4 Å². The van der Waals surface area contributed by atoms with E-state index in [2.05, 4.69) is 15.4 Å². The molecule has 0 bridgehead atoms. The average Bonchev–Trinajstić information content (AvgIpc) is 3.16. The zero-order chi connectivity index (χ0) is 17.9. The molecule has 2 aromatic heterocycles. The molecule has 0 spiro atoms. The Kier molecular flexibility index (Phi) is 4.37. The normalized spacial score (nSPS) is 10.8. The third-order valence-corrected chi connectivity index (χ3v) is 4.33. The fourth-order valence-corrected chi connectivity index (χ4v) is 3.01. The van der Waals surface area contributed by atoms with Crippen LogP contribution in [0.25, 0.3) is 10.8 Å². The van der Waals surface area contributed by atoms with Crippen LogP contribution >= 0.6 is 11.6 Å². The van der Waals surface area contributed by atoms with E-state index in [1.165, 1.54) is 0 Å². The molecule has 2 aromatic carbocycles. The SMILES string of the molecule is O=C(Nc1ccc(Cn2cccn2)cc1)c1cc2ccccc2c(Cl)n1. The molecule has 4 aromatic rings. The molecule has 0 saturated carbocycles. The third-order valence-electron chi connectivity index (χ3n) is 4.04. The van der Waals surface area contributed by atoms with Crippen molar-refractivity contribution in [3.05, 3.63) is 89.5 Å². The molecule has 128 valence electrons. The zero-order valence-electron chi connectivity index (χ0n) is 13.8. The Balaban J connectivity index is 1.51. The third kappa shape index (κ3) is 3.43. The van der Waals surface area contributed by atoms with Crippen LogP contribution in [0.3, 0.4) is 0 Å². The standard InChI is InChI=1S/C20H15ClN4O/c21-19-17-5-2-1-4-15(17)12-18(24-19)20(26)23-16-8-6-14(7-9-16)13-25-11-3-10-22-25/h1-12H,13H2,(H,23,26). The maximum Gasteiger partial charge on any atom is 0.274 e. The summed E-state index contributed by atoms with van der Waals surface area (Å²) in [4.78, 5) is 16.7. The van der Waals surface area contributed by atoms with Crippen molar-refractivity contribution in [1.82, 2.24) is 14.8 Å². The molecule has 5 nitrogen and oxygen atoms in total. The van der Waals surface area contributed by atoms with Gasteiger partial charge in [0.15, 0.2) is 0 Å². The molecule has 0 radical (unpaired) electrons. The highest BCUT2D eigenvalue weighted by atomic mass is 35.5. The molecule has 6 heteroatoms. The fourth-order valence-electron chi connectivity index (χ4n) is 2.74. The first kappa shape index (κ1) is 16.3. The van der Waals surface area contributed by atoms with Crippen LogP contribution in [0.4, 0.5) is 5.69 Å². The van der Waals surface area contributed by atoms with Crippen LogP contribution in [0.1, 0.15) is 16.1 Å². The number of benzene rings is 2. The van der Waals surface area contributed by atoms with E-state index in [9.17, 15) is 4.79 Å². The average molecular weight is 363 g/mol. The van der Waals surface area contributed by atoms with Crippen molar-refractivity contribution in [2.24, 2.45) is 0 Å². The molecule has 1 amide bonds. The second kappa shape index (κ2) is 6.98. The molecular weight excluding hydrogens is 348 g/mol. The quantitative estimate of drug-likeness (QED) is 0.548. The van der Waals surface area contributed by atoms with E-state index >= 15 is 0 Å². The van der Waals surface area contributed by atoms with Crippen molar-refractivity contribution in [3.63, 3.8) is 0 Å². The zero-order valence-corrected chi connectivity index (χ0v) is 14.5. The van der Waals surface area contributed by atoms with Crippen molar-refractivity contribution >= 4 is 34.0 Å². The molecule has 0 atom stereocenters. The molecule has 0 saturated heterocycles. The van der Waals surface area contributed by atoms with Crippen LogP contribution in [-0.4, -0.2) is 20.7 Å². The van der Waals surface area contributed by atoms with Gasteiger partial charge in [-0.1, -0.05) is 48.0 Å². The fraction of sp³-hybridized carbons (Fsp3) is 0.0500. The van der Waals surface area contributed by atoms with E-state index in [1.807, 2.05) is 65.5 Å². The molecule has 2 heterocycles. The van der Waals surface area contributed by atoms with Gasteiger partial charge in [0.1, 0.15) is 10.8 Å². The van der Waals surface area contributed by atoms with Crippen LogP contribution in [0.2, 0.25) is 5.15 Å². The molecule has 26 heavy (non-hydrogen) atoms. The number of pyridine rings is 1. The summed E-state index contributed by atoms with van der Waals surface area (Å²) < 4.78 is 1.84. The Morgan fingerprint density at radius 1 is 1.08 bits per heavy atom. The Labute approximate surface area is 155 Å². The second-order valence-electron chi connectivity index (χ2n) is 5.87. The Hall–Kier alpha value is -3.18. The maximum absolute atomic E-state index is 12.5. The van der Waals surface area contributed by atoms with Gasteiger partial charge in [0, 0.05) is 23.5 Å². The number of carbonyl (C=O) groups excluding carboxylic acids is 1. The predicted molar refractivity (Wildman–Crippen MR) is 102 cm³/mol. The number of rotatable bonds is 4. The van der Waals surface area contributed by atoms with Gasteiger partial charge in [0.2, 0.25) is 0 Å². The van der Waals surface area contributed by atoms with Crippen molar-refractivity contribution in [2.45, 2.75) is 6.54 Å². The van der Waals surface area contributed by atoms with E-state index in [4.69, 9.17) is 11.6 Å². The highest BCUT2D eigenvalue weighted by Crippen LogP contribution is 2.23. The summed E-state index contributed by atoms with van der Waals surface area (Å²) in [6.45, 7) is 0.684. The first-order valence-electron chi connectivity index (χ1n) is 8.12. The number of halogens is 1. The summed E-state index contributed by atoms with van der Waals surface area (Å²) in [5, 5.41) is 9.07. The van der Waals surface area contributed by atoms with E-state index in [-0.39, 0.29) is 11.6 Å². The number of nitrogens with zero attached hydrogens (tertiary/aromatic N) is 3. The summed E-state index contributed by atoms with van der Waals surface area (Å²) >= 11 is 6.20. The Morgan fingerprint density at radius 3 is 2.65 bits per heavy atom. The van der Waals surface area contributed by atoms with Gasteiger partial charge < -0.3 is 5.32 Å². The molecule has 0 fully saturated rings. The van der Waals surface area contributed by atoms with Gasteiger partial charge in [-0.15, -0.1) is 0 Å². The second-order valence-corrected chi connectivity index (χ2v) is 6.23. The van der Waals surface area contributed by atoms with Gasteiger partial charge in [-0.3, -0.25) is 9.48 Å². The minimum atomic E-state index is -0.294. The number of carbonyl (C=O) groups is 1. The number of hydrogen-bond donors (Lipinski definition) is 1. The summed E-state index contributed by atoms with van der Waals surface area (Å²) in [6, 6.07) is 18.8. The number of nitrogens with one attached hydrogen (secondary N) is 1. The van der Waals surface area contributed by atoms with E-state index in [0.717, 1.165) is 16.3 Å². The van der Waals surface area contributed by atoms with Gasteiger partial charge in [-0.2, -0.15) is 5.10 Å². The highest BCUT2D eigenvalue weighted by Gasteiger charge is 2.11. The highest BCUT2D eigenvalue weighted by molar-refractivity contribution is 6.34. The summed E-state index contributed by atoms with van der Waals surface area (Å²) in [5.41, 5.74) is 2.08. The van der Waals surface area contributed by atoms with Crippen LogP contribution in [0, 0.1) is 0 Å². The lowest BCUT2D eigenvalue weighted by Gasteiger charge is -2.08. The molecule has 4 rings (SSSR count). The molecule has 0 unspecified atom stereocenters. The first-order chi connectivity index (χ1) is 12.7. The van der Waals surface area contributed by atoms with Gasteiger partial charge in [-0.25, -0.2) is 4.98 Å². The summed E-state index contributed by atoms with van der Waals surface area (Å²) in [7, 11) is 0. The predicted octanol–water partition coefficient (Wildman–Crippen LogP) is 4.39. The molecule has 1 N–H and O–H groups in total. The molecule has 0 aliphatic carbocycles. The Morgan fingerprint density at radius 2 is 1.88 bits per heavy atom. The lowest BCUT2D eigenvalue weighted by molar-refractivity contribution is 0.102. The van der Waals surface area contributed by atoms with Crippen molar-refractivity contribution in [1.29, 1.82) is 0 Å². The van der Waals surface area contributed by atoms with Crippen LogP contribution in [-0.2, 0) is 6.54 Å². The smallest absolute Gasteiger partial charge is 0.274 e. The minimum Gasteiger partial charge on any atom is -0.321 e. The lowest BCUT2D eigenvalue weighted by atomic mass is 10.1. The van der Waals surface area contributed by atoms with Crippen LogP contribution in [0.15, 0.2) is 73.1 Å². The van der Waals surface area contributed by atoms with E-state index < -0.39 is 0 Å². The topological polar surface area (TPSA) is 59.8 Å². The molecular formula is C20H15ClN4O. The lowest BCUT2D eigenvalue weighted by Crippen LogP contribution is -2.14. The number of anilines is 1. The van der Waals surface area contributed by atoms with Crippen LogP contribution in [0.5, 0.6) is 0 Å². The largest absolute Gasteiger partial charge is 0.321 e. The Bertz CT molecular complexity index is 1060. The maximum atomic E-state index is 12.5. The minimum absolute atomic E-state index is 0.286.